The molecule has 0 bridgehead atoms. The summed E-state index contributed by atoms with van der Waals surface area (Å²) >= 11 is 0. The number of alkyl halides is 3. The summed E-state index contributed by atoms with van der Waals surface area (Å²) in [5.74, 6) is -1.24. The first-order valence-corrected chi connectivity index (χ1v) is 15.8. The standard InChI is InChI=1S/C30H39F3N2O4S/c1-3-28-26-14-9-23(29(37)34-27(19-36)21-7-12-25(13-8-21)40(38,39)4-2)17-22(26)15-16-35(28)18-20-5-10-24(11-6-20)30(31,32)33/h7-9,12-14,17,20,24,27-28,36H,3-6,10-11,15-16,18-19H2,1-2H3,(H,34,37)/t20?,24?,27-,28+/m1/s1. The summed E-state index contributed by atoms with van der Waals surface area (Å²) in [7, 11) is -3.34. The molecule has 1 amide bonds. The molecule has 1 heterocycles. The number of halogens is 3. The van der Waals surface area contributed by atoms with Crippen molar-refractivity contribution in [2.24, 2.45) is 11.8 Å². The van der Waals surface area contributed by atoms with Crippen LogP contribution in [0.1, 0.15) is 85.1 Å². The zero-order chi connectivity index (χ0) is 29.1. The van der Waals surface area contributed by atoms with Crippen molar-refractivity contribution < 1.29 is 31.5 Å². The van der Waals surface area contributed by atoms with Crippen LogP contribution in [0.2, 0.25) is 0 Å². The molecule has 2 aromatic carbocycles. The van der Waals surface area contributed by atoms with Gasteiger partial charge in [0.15, 0.2) is 9.84 Å². The van der Waals surface area contributed by atoms with Gasteiger partial charge in [-0.15, -0.1) is 0 Å². The number of aliphatic hydroxyl groups is 1. The van der Waals surface area contributed by atoms with Gasteiger partial charge in [0.1, 0.15) is 0 Å². The van der Waals surface area contributed by atoms with E-state index in [2.05, 4.69) is 17.1 Å². The maximum Gasteiger partial charge on any atom is 0.391 e. The lowest BCUT2D eigenvalue weighted by Crippen LogP contribution is -2.40. The summed E-state index contributed by atoms with van der Waals surface area (Å²) in [4.78, 5) is 15.7. The molecule has 2 aromatic rings. The highest BCUT2D eigenvalue weighted by atomic mass is 32.2. The summed E-state index contributed by atoms with van der Waals surface area (Å²) in [5, 5.41) is 12.8. The number of fused-ring (bicyclic) bond motifs is 1. The first-order chi connectivity index (χ1) is 19.0. The molecule has 4 rings (SSSR count). The average molecular weight is 581 g/mol. The van der Waals surface area contributed by atoms with E-state index < -0.39 is 28.0 Å². The van der Waals surface area contributed by atoms with Crippen LogP contribution in [0.4, 0.5) is 13.2 Å². The third kappa shape index (κ3) is 6.89. The monoisotopic (exact) mass is 580 g/mol. The molecular formula is C30H39F3N2O4S. The van der Waals surface area contributed by atoms with E-state index in [-0.39, 0.29) is 48.0 Å². The Balaban J connectivity index is 1.41. The molecule has 0 radical (unpaired) electrons. The number of nitrogens with zero attached hydrogens (tertiary/aromatic N) is 1. The van der Waals surface area contributed by atoms with Crippen molar-refractivity contribution in [1.29, 1.82) is 0 Å². The molecule has 220 valence electrons. The molecular weight excluding hydrogens is 541 g/mol. The van der Waals surface area contributed by atoms with Crippen molar-refractivity contribution in [2.75, 3.05) is 25.4 Å². The van der Waals surface area contributed by atoms with E-state index in [0.29, 0.717) is 24.0 Å². The maximum atomic E-state index is 13.1. The molecule has 2 aliphatic rings. The number of nitrogens with one attached hydrogen (secondary N) is 1. The van der Waals surface area contributed by atoms with Crippen LogP contribution in [0.25, 0.3) is 0 Å². The zero-order valence-corrected chi connectivity index (χ0v) is 23.9. The van der Waals surface area contributed by atoms with Crippen molar-refractivity contribution in [2.45, 2.75) is 75.5 Å². The van der Waals surface area contributed by atoms with Gasteiger partial charge in [-0.05, 0) is 85.4 Å². The highest BCUT2D eigenvalue weighted by Crippen LogP contribution is 2.41. The molecule has 1 saturated carbocycles. The maximum absolute atomic E-state index is 13.1. The van der Waals surface area contributed by atoms with Crippen LogP contribution < -0.4 is 5.32 Å². The molecule has 0 saturated heterocycles. The molecule has 2 atom stereocenters. The Bertz CT molecular complexity index is 1270. The fourth-order valence-electron chi connectivity index (χ4n) is 6.16. The number of carbonyl (C=O) groups excluding carboxylic acids is 1. The fourth-order valence-corrected chi connectivity index (χ4v) is 7.04. The van der Waals surface area contributed by atoms with E-state index in [1.54, 1.807) is 25.1 Å². The minimum atomic E-state index is -4.09. The lowest BCUT2D eigenvalue weighted by Gasteiger charge is -2.40. The Morgan fingerprint density at radius 1 is 1.07 bits per heavy atom. The first-order valence-electron chi connectivity index (χ1n) is 14.1. The lowest BCUT2D eigenvalue weighted by atomic mass is 9.80. The smallest absolute Gasteiger partial charge is 0.391 e. The predicted molar refractivity (Wildman–Crippen MR) is 148 cm³/mol. The van der Waals surface area contributed by atoms with Crippen molar-refractivity contribution in [3.05, 3.63) is 64.7 Å². The molecule has 0 spiro atoms. The largest absolute Gasteiger partial charge is 0.394 e. The van der Waals surface area contributed by atoms with Crippen LogP contribution >= 0.6 is 0 Å². The summed E-state index contributed by atoms with van der Waals surface area (Å²) in [6, 6.07) is 11.3. The Morgan fingerprint density at radius 2 is 1.75 bits per heavy atom. The highest BCUT2D eigenvalue weighted by molar-refractivity contribution is 7.91. The molecule has 0 aromatic heterocycles. The molecule has 2 N–H and O–H groups in total. The van der Waals surface area contributed by atoms with Crippen LogP contribution in [0.15, 0.2) is 47.4 Å². The number of sulfone groups is 1. The van der Waals surface area contributed by atoms with E-state index in [1.807, 2.05) is 12.1 Å². The Morgan fingerprint density at radius 3 is 2.33 bits per heavy atom. The van der Waals surface area contributed by atoms with Crippen molar-refractivity contribution in [3.8, 4) is 0 Å². The van der Waals surface area contributed by atoms with Gasteiger partial charge in [-0.1, -0.05) is 32.0 Å². The van der Waals surface area contributed by atoms with Crippen molar-refractivity contribution in [3.63, 3.8) is 0 Å². The van der Waals surface area contributed by atoms with Gasteiger partial charge in [0.2, 0.25) is 0 Å². The van der Waals surface area contributed by atoms with Gasteiger partial charge in [-0.2, -0.15) is 13.2 Å². The van der Waals surface area contributed by atoms with E-state index in [4.69, 9.17) is 0 Å². The Kier molecular flexibility index (Phi) is 9.62. The Hall–Kier alpha value is -2.43. The van der Waals surface area contributed by atoms with Crippen LogP contribution in [0.3, 0.4) is 0 Å². The second-order valence-electron chi connectivity index (χ2n) is 11.0. The first kappa shape index (κ1) is 30.5. The second kappa shape index (κ2) is 12.6. The number of benzene rings is 2. The van der Waals surface area contributed by atoms with Crippen LogP contribution in [0.5, 0.6) is 0 Å². The highest BCUT2D eigenvalue weighted by Gasteiger charge is 2.42. The molecule has 1 aliphatic heterocycles. The normalized spacial score (nSPS) is 22.9. The molecule has 40 heavy (non-hydrogen) atoms. The number of carbonyl (C=O) groups is 1. The van der Waals surface area contributed by atoms with Gasteiger partial charge in [0.05, 0.1) is 29.2 Å². The van der Waals surface area contributed by atoms with Crippen molar-refractivity contribution >= 4 is 15.7 Å². The molecule has 6 nitrogen and oxygen atoms in total. The SMILES string of the molecule is CC[C@H]1c2ccc(C(=O)N[C@H](CO)c3ccc(S(=O)(=O)CC)cc3)cc2CCN1CC1CCC(C(F)(F)F)CC1. The topological polar surface area (TPSA) is 86.7 Å². The average Bonchev–Trinajstić information content (AvgIpc) is 2.95. The predicted octanol–water partition coefficient (Wildman–Crippen LogP) is 5.62. The third-order valence-corrected chi connectivity index (χ3v) is 10.3. The fraction of sp³-hybridized carbons (Fsp3) is 0.567. The zero-order valence-electron chi connectivity index (χ0n) is 23.1. The minimum absolute atomic E-state index is 0.00947. The molecule has 1 aliphatic carbocycles. The van der Waals surface area contributed by atoms with E-state index >= 15 is 0 Å². The molecule has 1 fully saturated rings. The molecule has 0 unspecified atom stereocenters. The van der Waals surface area contributed by atoms with Crippen LogP contribution in [0, 0.1) is 11.8 Å². The van der Waals surface area contributed by atoms with Gasteiger partial charge in [-0.3, -0.25) is 9.69 Å². The van der Waals surface area contributed by atoms with Gasteiger partial charge in [0.25, 0.3) is 5.91 Å². The van der Waals surface area contributed by atoms with E-state index in [0.717, 1.165) is 37.1 Å². The Labute approximate surface area is 234 Å². The van der Waals surface area contributed by atoms with Gasteiger partial charge >= 0.3 is 6.18 Å². The number of aliphatic hydroxyl groups excluding tert-OH is 1. The number of amides is 1. The summed E-state index contributed by atoms with van der Waals surface area (Å²) in [6.07, 6.45) is -0.840. The van der Waals surface area contributed by atoms with Crippen LogP contribution in [-0.4, -0.2) is 56.0 Å². The van der Waals surface area contributed by atoms with Gasteiger partial charge < -0.3 is 10.4 Å². The number of hydrogen-bond acceptors (Lipinski definition) is 5. The van der Waals surface area contributed by atoms with E-state index in [9.17, 15) is 31.5 Å². The second-order valence-corrected chi connectivity index (χ2v) is 13.3. The van der Waals surface area contributed by atoms with Crippen LogP contribution in [-0.2, 0) is 16.3 Å². The number of hydrogen-bond donors (Lipinski definition) is 2. The van der Waals surface area contributed by atoms with Gasteiger partial charge in [0, 0.05) is 24.7 Å². The molecule has 10 heteroatoms. The minimum Gasteiger partial charge on any atom is -0.394 e. The lowest BCUT2D eigenvalue weighted by molar-refractivity contribution is -0.184. The quantitative estimate of drug-likeness (QED) is 0.402. The van der Waals surface area contributed by atoms with Gasteiger partial charge in [-0.25, -0.2) is 8.42 Å². The summed E-state index contributed by atoms with van der Waals surface area (Å²) in [6.45, 7) is 4.93. The number of rotatable bonds is 9. The summed E-state index contributed by atoms with van der Waals surface area (Å²) in [5.41, 5.74) is 3.33. The third-order valence-electron chi connectivity index (χ3n) is 8.57. The van der Waals surface area contributed by atoms with Crippen molar-refractivity contribution in [1.82, 2.24) is 10.2 Å². The summed E-state index contributed by atoms with van der Waals surface area (Å²) < 4.78 is 63.4. The van der Waals surface area contributed by atoms with E-state index in [1.165, 1.54) is 12.1 Å².